The Balaban J connectivity index is 2.07. The van der Waals surface area contributed by atoms with Crippen molar-refractivity contribution in [1.29, 1.82) is 0 Å². The molecule has 1 aromatic carbocycles. The molecule has 1 heteroatoms. The van der Waals surface area contributed by atoms with Crippen molar-refractivity contribution >= 4 is 8.58 Å². The quantitative estimate of drug-likeness (QED) is 0.473. The summed E-state index contributed by atoms with van der Waals surface area (Å²) >= 11 is 0. The van der Waals surface area contributed by atoms with Gasteiger partial charge in [0, 0.05) is 0 Å². The lowest BCUT2D eigenvalue weighted by molar-refractivity contribution is 0.892. The van der Waals surface area contributed by atoms with Crippen molar-refractivity contribution in [3.8, 4) is 0 Å². The van der Waals surface area contributed by atoms with Gasteiger partial charge in [-0.05, 0) is 30.7 Å². The highest BCUT2D eigenvalue weighted by atomic mass is 31.1. The first-order chi connectivity index (χ1) is 6.43. The third-order valence-electron chi connectivity index (χ3n) is 2.07. The van der Waals surface area contributed by atoms with E-state index in [1.165, 1.54) is 37.1 Å². The Morgan fingerprint density at radius 2 is 1.85 bits per heavy atom. The van der Waals surface area contributed by atoms with E-state index in [9.17, 15) is 0 Å². The van der Waals surface area contributed by atoms with E-state index in [1.54, 1.807) is 8.58 Å². The minimum atomic E-state index is 1.24. The Bertz CT molecular complexity index is 206. The van der Waals surface area contributed by atoms with E-state index in [-0.39, 0.29) is 0 Å². The smallest absolute Gasteiger partial charge is 0.0236 e. The summed E-state index contributed by atoms with van der Waals surface area (Å²) in [6, 6.07) is 10.8. The zero-order valence-electron chi connectivity index (χ0n) is 8.37. The predicted octanol–water partition coefficient (Wildman–Crippen LogP) is 3.98. The fourth-order valence-corrected chi connectivity index (χ4v) is 2.41. The van der Waals surface area contributed by atoms with Gasteiger partial charge in [-0.15, -0.1) is 0 Å². The molecule has 0 unspecified atom stereocenters. The van der Waals surface area contributed by atoms with Crippen LogP contribution in [0.5, 0.6) is 0 Å². The largest absolute Gasteiger partial charge is 0.0806 e. The lowest BCUT2D eigenvalue weighted by Crippen LogP contribution is -1.87. The molecule has 0 spiro atoms. The monoisotopic (exact) mass is 193 g/mol. The molecule has 0 saturated carbocycles. The molecule has 0 atom stereocenters. The van der Waals surface area contributed by atoms with Crippen LogP contribution in [0.2, 0.25) is 0 Å². The Labute approximate surface area is 83.5 Å². The molecule has 0 heterocycles. The van der Waals surface area contributed by atoms with Crippen LogP contribution in [0.3, 0.4) is 0 Å². The van der Waals surface area contributed by atoms with E-state index < -0.39 is 0 Å². The average molecular weight is 193 g/mol. The summed E-state index contributed by atoms with van der Waals surface area (Å²) in [5.74, 6) is 0. The van der Waals surface area contributed by atoms with Gasteiger partial charge in [-0.1, -0.05) is 52.3 Å². The molecule has 0 saturated heterocycles. The Hall–Kier alpha value is -0.350. The van der Waals surface area contributed by atoms with Crippen LogP contribution >= 0.6 is 8.58 Å². The van der Waals surface area contributed by atoms with E-state index in [2.05, 4.69) is 37.3 Å². The summed E-state index contributed by atoms with van der Waals surface area (Å²) in [6.45, 7) is 2.26. The SMILES string of the molecule is CCCC[P]CCc1ccccc1. The van der Waals surface area contributed by atoms with Crippen molar-refractivity contribution in [3.05, 3.63) is 35.9 Å². The van der Waals surface area contributed by atoms with Crippen molar-refractivity contribution in [3.63, 3.8) is 0 Å². The van der Waals surface area contributed by atoms with Gasteiger partial charge in [0.2, 0.25) is 0 Å². The van der Waals surface area contributed by atoms with Gasteiger partial charge in [0.1, 0.15) is 0 Å². The van der Waals surface area contributed by atoms with Gasteiger partial charge in [-0.2, -0.15) is 0 Å². The zero-order valence-corrected chi connectivity index (χ0v) is 9.26. The second-order valence-electron chi connectivity index (χ2n) is 3.26. The maximum absolute atomic E-state index is 2.26. The van der Waals surface area contributed by atoms with Crippen molar-refractivity contribution in [2.24, 2.45) is 0 Å². The minimum absolute atomic E-state index is 1.24. The molecule has 1 radical (unpaired) electrons. The molecule has 1 rings (SSSR count). The van der Waals surface area contributed by atoms with E-state index in [0.717, 1.165) is 0 Å². The topological polar surface area (TPSA) is 0 Å². The first-order valence-corrected chi connectivity index (χ1v) is 6.37. The summed E-state index contributed by atoms with van der Waals surface area (Å²) in [6.07, 6.45) is 6.66. The van der Waals surface area contributed by atoms with E-state index in [0.29, 0.717) is 0 Å². The molecule has 0 nitrogen and oxygen atoms in total. The van der Waals surface area contributed by atoms with Gasteiger partial charge in [0.15, 0.2) is 0 Å². The van der Waals surface area contributed by atoms with Crippen molar-refractivity contribution in [2.75, 3.05) is 12.3 Å². The lowest BCUT2D eigenvalue weighted by Gasteiger charge is -2.00. The van der Waals surface area contributed by atoms with Gasteiger partial charge in [0.25, 0.3) is 0 Å². The molecule has 0 aromatic heterocycles. The fraction of sp³-hybridized carbons (Fsp3) is 0.500. The highest BCUT2D eigenvalue weighted by Gasteiger charge is 1.91. The molecule has 0 N–H and O–H groups in total. The van der Waals surface area contributed by atoms with Gasteiger partial charge in [-0.25, -0.2) is 0 Å². The molecule has 71 valence electrons. The van der Waals surface area contributed by atoms with Crippen molar-refractivity contribution < 1.29 is 0 Å². The van der Waals surface area contributed by atoms with Crippen LogP contribution in [0.25, 0.3) is 0 Å². The number of benzene rings is 1. The maximum atomic E-state index is 2.26. The summed E-state index contributed by atoms with van der Waals surface area (Å²) in [7, 11) is 1.62. The highest BCUT2D eigenvalue weighted by Crippen LogP contribution is 2.14. The van der Waals surface area contributed by atoms with Gasteiger partial charge >= 0.3 is 0 Å². The molecule has 0 fully saturated rings. The summed E-state index contributed by atoms with van der Waals surface area (Å²) in [5.41, 5.74) is 1.48. The van der Waals surface area contributed by atoms with Crippen LogP contribution in [0, 0.1) is 0 Å². The molecule has 0 amide bonds. The van der Waals surface area contributed by atoms with Crippen molar-refractivity contribution in [2.45, 2.75) is 26.2 Å². The molecule has 0 aliphatic carbocycles. The zero-order chi connectivity index (χ0) is 9.36. The molecular weight excluding hydrogens is 175 g/mol. The molecule has 13 heavy (non-hydrogen) atoms. The Morgan fingerprint density at radius 1 is 1.08 bits per heavy atom. The molecule has 0 aliphatic heterocycles. The van der Waals surface area contributed by atoms with Crippen LogP contribution in [-0.2, 0) is 6.42 Å². The summed E-state index contributed by atoms with van der Waals surface area (Å²) in [4.78, 5) is 0. The lowest BCUT2D eigenvalue weighted by atomic mass is 10.2. The van der Waals surface area contributed by atoms with Gasteiger partial charge in [0.05, 0.1) is 0 Å². The van der Waals surface area contributed by atoms with Crippen LogP contribution in [-0.4, -0.2) is 12.3 Å². The van der Waals surface area contributed by atoms with E-state index >= 15 is 0 Å². The standard InChI is InChI=1S/C12H18P/c1-2-3-10-13-11-9-12-7-5-4-6-8-12/h4-8H,2-3,9-11H2,1H3. The molecule has 0 bridgehead atoms. The average Bonchev–Trinajstić information content (AvgIpc) is 2.19. The Morgan fingerprint density at radius 3 is 2.54 bits per heavy atom. The van der Waals surface area contributed by atoms with Crippen LogP contribution in [0.1, 0.15) is 25.3 Å². The number of hydrogen-bond acceptors (Lipinski definition) is 0. The Kier molecular flexibility index (Phi) is 5.85. The first-order valence-electron chi connectivity index (χ1n) is 5.10. The number of hydrogen-bond donors (Lipinski definition) is 0. The molecular formula is C12H18P. The number of rotatable bonds is 6. The molecule has 0 aliphatic rings. The number of aryl methyl sites for hydroxylation is 1. The normalized spacial score (nSPS) is 11.2. The highest BCUT2D eigenvalue weighted by molar-refractivity contribution is 7.37. The van der Waals surface area contributed by atoms with Gasteiger partial charge < -0.3 is 0 Å². The van der Waals surface area contributed by atoms with Crippen molar-refractivity contribution in [1.82, 2.24) is 0 Å². The summed E-state index contributed by atoms with van der Waals surface area (Å²) < 4.78 is 0. The van der Waals surface area contributed by atoms with E-state index in [1.807, 2.05) is 0 Å². The van der Waals surface area contributed by atoms with Crippen LogP contribution < -0.4 is 0 Å². The number of unbranched alkanes of at least 4 members (excludes halogenated alkanes) is 1. The summed E-state index contributed by atoms with van der Waals surface area (Å²) in [5, 5.41) is 0. The first kappa shape index (κ1) is 10.7. The predicted molar refractivity (Wildman–Crippen MR) is 61.7 cm³/mol. The second kappa shape index (κ2) is 7.09. The van der Waals surface area contributed by atoms with E-state index in [4.69, 9.17) is 0 Å². The fourth-order valence-electron chi connectivity index (χ4n) is 1.23. The third-order valence-corrected chi connectivity index (χ3v) is 3.24. The van der Waals surface area contributed by atoms with Gasteiger partial charge in [-0.3, -0.25) is 0 Å². The van der Waals surface area contributed by atoms with Crippen LogP contribution in [0.15, 0.2) is 30.3 Å². The van der Waals surface area contributed by atoms with Crippen LogP contribution in [0.4, 0.5) is 0 Å². The minimum Gasteiger partial charge on any atom is -0.0806 e. The molecule has 1 aromatic rings. The third kappa shape index (κ3) is 5.05. The maximum Gasteiger partial charge on any atom is -0.0236 e. The second-order valence-corrected chi connectivity index (χ2v) is 4.60.